The Hall–Kier alpha value is -3.13. The molecular weight excluding hydrogens is 383 g/mol. The summed E-state index contributed by atoms with van der Waals surface area (Å²) in [5, 5.41) is 2.62. The zero-order chi connectivity index (χ0) is 21.6. The molecule has 1 amide bonds. The Bertz CT molecular complexity index is 958. The molecule has 0 fully saturated rings. The average Bonchev–Trinajstić information content (AvgIpc) is 3.14. The van der Waals surface area contributed by atoms with Gasteiger partial charge in [-0.1, -0.05) is 44.2 Å². The number of benzene rings is 1. The molecule has 2 heterocycles. The van der Waals surface area contributed by atoms with Crippen molar-refractivity contribution >= 4 is 5.91 Å². The van der Waals surface area contributed by atoms with Gasteiger partial charge in [0.2, 0.25) is 5.91 Å². The topological polar surface area (TPSA) is 98.7 Å². The van der Waals surface area contributed by atoms with Crippen molar-refractivity contribution < 1.29 is 9.18 Å². The summed E-state index contributed by atoms with van der Waals surface area (Å²) >= 11 is 0. The Kier molecular flexibility index (Phi) is 6.89. The molecule has 1 atom stereocenters. The summed E-state index contributed by atoms with van der Waals surface area (Å²) in [5.41, 5.74) is 6.78. The number of rotatable bonds is 9. The zero-order valence-corrected chi connectivity index (χ0v) is 17.1. The standard InChI is InChI=1S/C22H26FN6O/c1-22(2,21(30)27-12-17(23)11-24)10-20-28-19(18-13-25-8-9-26-18)15-29(20)14-16-6-4-3-5-7-16/h3-10,13,15,17H,11-12,14,24H2,1-2H3,(H,27,30)/t17-/m1/s1. The van der Waals surface area contributed by atoms with Gasteiger partial charge in [-0.3, -0.25) is 14.8 Å². The first-order valence-corrected chi connectivity index (χ1v) is 9.75. The van der Waals surface area contributed by atoms with Crippen LogP contribution in [-0.2, 0) is 11.3 Å². The fourth-order valence-electron chi connectivity index (χ4n) is 2.91. The van der Waals surface area contributed by atoms with Crippen LogP contribution in [0.2, 0.25) is 0 Å². The van der Waals surface area contributed by atoms with E-state index < -0.39 is 11.6 Å². The average molecular weight is 409 g/mol. The molecule has 3 aromatic rings. The number of hydrogen-bond acceptors (Lipinski definition) is 5. The van der Waals surface area contributed by atoms with Crippen LogP contribution in [0.5, 0.6) is 0 Å². The lowest BCUT2D eigenvalue weighted by molar-refractivity contribution is -0.127. The van der Waals surface area contributed by atoms with E-state index in [9.17, 15) is 9.18 Å². The Morgan fingerprint density at radius 2 is 2.03 bits per heavy atom. The third-order valence-electron chi connectivity index (χ3n) is 4.64. The van der Waals surface area contributed by atoms with E-state index in [1.54, 1.807) is 38.9 Å². The number of carbonyl (C=O) groups is 1. The fraction of sp³-hybridized carbons (Fsp3) is 0.318. The van der Waals surface area contributed by atoms with Crippen molar-refractivity contribution in [3.05, 3.63) is 72.9 Å². The largest absolute Gasteiger partial charge is 0.353 e. The minimum absolute atomic E-state index is 0.115. The number of carbonyl (C=O) groups excluding carboxylic acids is 1. The maximum atomic E-state index is 13.4. The smallest absolute Gasteiger partial charge is 0.226 e. The fourth-order valence-corrected chi connectivity index (χ4v) is 2.91. The van der Waals surface area contributed by atoms with Crippen LogP contribution >= 0.6 is 0 Å². The maximum absolute atomic E-state index is 13.4. The van der Waals surface area contributed by atoms with E-state index in [1.165, 1.54) is 0 Å². The van der Waals surface area contributed by atoms with Gasteiger partial charge in [0, 0.05) is 38.1 Å². The first-order valence-electron chi connectivity index (χ1n) is 9.75. The molecule has 8 heteroatoms. The highest BCUT2D eigenvalue weighted by atomic mass is 19.1. The van der Waals surface area contributed by atoms with E-state index in [-0.39, 0.29) is 19.0 Å². The van der Waals surface area contributed by atoms with Crippen LogP contribution in [0, 0.1) is 11.8 Å². The summed E-state index contributed by atoms with van der Waals surface area (Å²) < 4.78 is 15.4. The molecule has 1 aromatic carbocycles. The van der Waals surface area contributed by atoms with E-state index >= 15 is 0 Å². The van der Waals surface area contributed by atoms with Crippen LogP contribution in [0.15, 0.2) is 55.1 Å². The number of imidazole rings is 1. The van der Waals surface area contributed by atoms with Gasteiger partial charge in [0.05, 0.1) is 18.2 Å². The molecule has 0 aliphatic carbocycles. The summed E-state index contributed by atoms with van der Waals surface area (Å²) in [5.74, 6) is 0.323. The molecular formula is C22H26FN6O. The number of hydrogen-bond donors (Lipinski definition) is 2. The van der Waals surface area contributed by atoms with Gasteiger partial charge in [-0.05, 0) is 5.56 Å². The van der Waals surface area contributed by atoms with E-state index in [1.807, 2.05) is 41.1 Å². The highest BCUT2D eigenvalue weighted by molar-refractivity contribution is 5.83. The maximum Gasteiger partial charge on any atom is 0.226 e. The molecule has 0 aliphatic heterocycles. The van der Waals surface area contributed by atoms with Crippen molar-refractivity contribution in [2.75, 3.05) is 13.1 Å². The minimum atomic E-state index is -1.27. The molecule has 0 unspecified atom stereocenters. The van der Waals surface area contributed by atoms with Crippen molar-refractivity contribution in [3.63, 3.8) is 0 Å². The van der Waals surface area contributed by atoms with Crippen LogP contribution in [0.4, 0.5) is 4.39 Å². The first-order chi connectivity index (χ1) is 14.4. The van der Waals surface area contributed by atoms with E-state index in [4.69, 9.17) is 5.73 Å². The lowest BCUT2D eigenvalue weighted by Crippen LogP contribution is -2.42. The number of nitrogens with one attached hydrogen (secondary N) is 1. The predicted molar refractivity (Wildman–Crippen MR) is 113 cm³/mol. The number of halogens is 1. The van der Waals surface area contributed by atoms with E-state index in [2.05, 4.69) is 20.3 Å². The van der Waals surface area contributed by atoms with Gasteiger partial charge in [-0.15, -0.1) is 0 Å². The molecule has 0 saturated carbocycles. The third kappa shape index (κ3) is 5.48. The van der Waals surface area contributed by atoms with Crippen LogP contribution in [0.3, 0.4) is 0 Å². The SMILES string of the molecule is CC(C)([CH]c1nc(-c2cnccn2)cn1Cc1ccccc1)C(=O)NC[C@H](F)CN. The van der Waals surface area contributed by atoms with Gasteiger partial charge in [0.1, 0.15) is 23.4 Å². The van der Waals surface area contributed by atoms with Gasteiger partial charge < -0.3 is 15.6 Å². The molecule has 157 valence electrons. The molecule has 30 heavy (non-hydrogen) atoms. The number of alkyl halides is 1. The van der Waals surface area contributed by atoms with Crippen LogP contribution in [-0.4, -0.2) is 44.7 Å². The molecule has 2 aromatic heterocycles. The molecule has 0 spiro atoms. The van der Waals surface area contributed by atoms with Crippen molar-refractivity contribution in [3.8, 4) is 11.4 Å². The van der Waals surface area contributed by atoms with Crippen molar-refractivity contribution in [2.24, 2.45) is 11.1 Å². The Balaban J connectivity index is 1.86. The normalized spacial score (nSPS) is 12.5. The summed E-state index contributed by atoms with van der Waals surface area (Å²) in [6, 6.07) is 9.96. The molecule has 0 bridgehead atoms. The Morgan fingerprint density at radius 1 is 1.27 bits per heavy atom. The Morgan fingerprint density at radius 3 is 2.70 bits per heavy atom. The van der Waals surface area contributed by atoms with Gasteiger partial charge in [0.25, 0.3) is 0 Å². The van der Waals surface area contributed by atoms with Gasteiger partial charge in [-0.2, -0.15) is 0 Å². The second kappa shape index (κ2) is 9.58. The minimum Gasteiger partial charge on any atom is -0.353 e. The van der Waals surface area contributed by atoms with Crippen molar-refractivity contribution in [2.45, 2.75) is 26.6 Å². The first kappa shape index (κ1) is 21.6. The second-order valence-corrected chi connectivity index (χ2v) is 7.60. The number of nitrogens with zero attached hydrogens (tertiary/aromatic N) is 4. The summed E-state index contributed by atoms with van der Waals surface area (Å²) in [6.07, 6.45) is 7.25. The summed E-state index contributed by atoms with van der Waals surface area (Å²) in [7, 11) is 0. The van der Waals surface area contributed by atoms with Crippen LogP contribution in [0.1, 0.15) is 25.2 Å². The second-order valence-electron chi connectivity index (χ2n) is 7.60. The lowest BCUT2D eigenvalue weighted by Gasteiger charge is -2.23. The monoisotopic (exact) mass is 409 g/mol. The number of amides is 1. The molecule has 3 N–H and O–H groups in total. The third-order valence-corrected chi connectivity index (χ3v) is 4.64. The molecule has 7 nitrogen and oxygen atoms in total. The van der Waals surface area contributed by atoms with E-state index in [0.717, 1.165) is 5.56 Å². The predicted octanol–water partition coefficient (Wildman–Crippen LogP) is 2.38. The highest BCUT2D eigenvalue weighted by Gasteiger charge is 2.31. The number of nitrogens with two attached hydrogens (primary N) is 1. The van der Waals surface area contributed by atoms with Crippen LogP contribution in [0.25, 0.3) is 11.4 Å². The quantitative estimate of drug-likeness (QED) is 0.565. The Labute approximate surface area is 175 Å². The molecule has 1 radical (unpaired) electrons. The van der Waals surface area contributed by atoms with Gasteiger partial charge in [-0.25, -0.2) is 9.37 Å². The van der Waals surface area contributed by atoms with Crippen molar-refractivity contribution in [1.29, 1.82) is 0 Å². The zero-order valence-electron chi connectivity index (χ0n) is 17.1. The van der Waals surface area contributed by atoms with Crippen LogP contribution < -0.4 is 11.1 Å². The summed E-state index contributed by atoms with van der Waals surface area (Å²) in [6.45, 7) is 3.86. The number of aromatic nitrogens is 4. The van der Waals surface area contributed by atoms with Gasteiger partial charge in [0.15, 0.2) is 0 Å². The molecule has 0 aliphatic rings. The summed E-state index contributed by atoms with van der Waals surface area (Å²) in [4.78, 5) is 25.7. The van der Waals surface area contributed by atoms with Gasteiger partial charge >= 0.3 is 0 Å². The molecule has 3 rings (SSSR count). The lowest BCUT2D eigenvalue weighted by atomic mass is 9.87. The van der Waals surface area contributed by atoms with Crippen molar-refractivity contribution in [1.82, 2.24) is 24.8 Å². The molecule has 0 saturated heterocycles. The van der Waals surface area contributed by atoms with E-state index in [0.29, 0.717) is 23.8 Å². The highest BCUT2D eigenvalue weighted by Crippen LogP contribution is 2.27.